The van der Waals surface area contributed by atoms with Crippen LogP contribution in [-0.4, -0.2) is 52.8 Å². The molecule has 0 saturated carbocycles. The van der Waals surface area contributed by atoms with Gasteiger partial charge in [-0.15, -0.1) is 0 Å². The molecule has 3 N–H and O–H groups in total. The number of nitrogens with one attached hydrogen (secondary N) is 1. The van der Waals surface area contributed by atoms with Crippen LogP contribution in [0.15, 0.2) is 0 Å². The molecule has 0 amide bonds. The Morgan fingerprint density at radius 2 is 1.82 bits per heavy atom. The summed E-state index contributed by atoms with van der Waals surface area (Å²) in [7, 11) is 10.9. The lowest BCUT2D eigenvalue weighted by atomic mass is 9.67. The van der Waals surface area contributed by atoms with E-state index >= 15 is 0 Å². The first kappa shape index (κ1) is 11.0. The molecule has 0 rings (SSSR count). The smallest absolute Gasteiger partial charge is 0.386 e. The second-order valence-electron chi connectivity index (χ2n) is 2.89. The summed E-state index contributed by atoms with van der Waals surface area (Å²) in [5, 5.41) is 2.62. The standard InChI is InChI=1S/C4H15B3N4/c1-6(9-5)11(4)7(8)10(2)3/h9H,8H2,1-4H3. The molecule has 7 heteroatoms. The molecule has 4 nitrogen and oxygen atoms in total. The lowest BCUT2D eigenvalue weighted by Gasteiger charge is -2.29. The molecule has 0 fully saturated rings. The maximum absolute atomic E-state index is 5.79. The Hall–Kier alpha value is 0.0348. The molecule has 0 aliphatic heterocycles. The van der Waals surface area contributed by atoms with Crippen LogP contribution >= 0.6 is 0 Å². The quantitative estimate of drug-likeness (QED) is 0.467. The minimum atomic E-state index is -0.110. The number of hydrogen-bond donors (Lipinski definition) is 2. The van der Waals surface area contributed by atoms with E-state index in [9.17, 15) is 0 Å². The molecule has 0 aromatic carbocycles. The SMILES string of the molecule is [B]NB(C)N(C)B(N)N(C)C. The first-order valence-corrected chi connectivity index (χ1v) is 3.60. The van der Waals surface area contributed by atoms with Gasteiger partial charge in [0.1, 0.15) is 0 Å². The zero-order valence-electron chi connectivity index (χ0n) is 7.70. The van der Waals surface area contributed by atoms with Crippen LogP contribution in [0.2, 0.25) is 6.82 Å². The summed E-state index contributed by atoms with van der Waals surface area (Å²) in [4.78, 5) is 1.91. The summed E-state index contributed by atoms with van der Waals surface area (Å²) in [6.45, 7) is 2.02. The highest BCUT2D eigenvalue weighted by Gasteiger charge is 2.24. The lowest BCUT2D eigenvalue weighted by Crippen LogP contribution is -2.62. The van der Waals surface area contributed by atoms with E-state index in [1.54, 1.807) is 0 Å². The van der Waals surface area contributed by atoms with Crippen LogP contribution in [-0.2, 0) is 0 Å². The molecule has 0 aromatic rings. The van der Waals surface area contributed by atoms with Gasteiger partial charge in [-0.2, -0.15) is 0 Å². The second kappa shape index (κ2) is 4.82. The van der Waals surface area contributed by atoms with Crippen molar-refractivity contribution < 1.29 is 0 Å². The molecule has 11 heavy (non-hydrogen) atoms. The average Bonchev–Trinajstić information content (AvgIpc) is 2.00. The predicted molar refractivity (Wildman–Crippen MR) is 51.9 cm³/mol. The van der Waals surface area contributed by atoms with E-state index < -0.39 is 0 Å². The molecule has 0 saturated heterocycles. The predicted octanol–water partition coefficient (Wildman–Crippen LogP) is -1.79. The maximum Gasteiger partial charge on any atom is 0.386 e. The van der Waals surface area contributed by atoms with Gasteiger partial charge in [-0.3, -0.25) is 0 Å². The molecular formula is C4H15B3N4. The van der Waals surface area contributed by atoms with Crippen LogP contribution in [0.1, 0.15) is 0 Å². The van der Waals surface area contributed by atoms with E-state index in [4.69, 9.17) is 13.6 Å². The second-order valence-corrected chi connectivity index (χ2v) is 2.89. The zero-order chi connectivity index (χ0) is 9.02. The van der Waals surface area contributed by atoms with E-state index in [1.807, 2.05) is 37.5 Å². The van der Waals surface area contributed by atoms with Crippen LogP contribution in [0.4, 0.5) is 0 Å². The fourth-order valence-electron chi connectivity index (χ4n) is 0.711. The lowest BCUT2D eigenvalue weighted by molar-refractivity contribution is 0.569. The molecule has 60 valence electrons. The summed E-state index contributed by atoms with van der Waals surface area (Å²) in [5.74, 6) is 0. The highest BCUT2D eigenvalue weighted by Crippen LogP contribution is 1.89. The fraction of sp³-hybridized carbons (Fsp3) is 1.00. The van der Waals surface area contributed by atoms with Gasteiger partial charge in [0.2, 0.25) is 0 Å². The van der Waals surface area contributed by atoms with Crippen molar-refractivity contribution >= 4 is 22.1 Å². The van der Waals surface area contributed by atoms with Crippen LogP contribution in [0.25, 0.3) is 0 Å². The summed E-state index contributed by atoms with van der Waals surface area (Å²) < 4.78 is 1.93. The van der Waals surface area contributed by atoms with Gasteiger partial charge in [-0.05, 0) is 21.1 Å². The molecule has 0 bridgehead atoms. The van der Waals surface area contributed by atoms with Crippen molar-refractivity contribution in [1.82, 2.24) is 14.7 Å². The topological polar surface area (TPSA) is 44.5 Å². The van der Waals surface area contributed by atoms with Gasteiger partial charge in [0.05, 0.1) is 0 Å². The molecule has 0 aromatic heterocycles. The Kier molecular flexibility index (Phi) is 4.84. The third kappa shape index (κ3) is 3.29. The van der Waals surface area contributed by atoms with Gasteiger partial charge in [-0.1, -0.05) is 6.82 Å². The van der Waals surface area contributed by atoms with Crippen LogP contribution in [0.3, 0.4) is 0 Å². The van der Waals surface area contributed by atoms with Crippen LogP contribution in [0, 0.1) is 0 Å². The largest absolute Gasteiger partial charge is 0.395 e. The Morgan fingerprint density at radius 3 is 2.09 bits per heavy atom. The van der Waals surface area contributed by atoms with Gasteiger partial charge in [-0.25, -0.2) is 0 Å². The van der Waals surface area contributed by atoms with Crippen molar-refractivity contribution in [2.75, 3.05) is 21.1 Å². The Balaban J connectivity index is 3.90. The van der Waals surface area contributed by atoms with E-state index in [0.29, 0.717) is 0 Å². The number of hydrogen-bond acceptors (Lipinski definition) is 4. The first-order chi connectivity index (χ1) is 5.00. The highest BCUT2D eigenvalue weighted by molar-refractivity contribution is 6.69. The maximum atomic E-state index is 5.79. The molecule has 0 aliphatic rings. The molecule has 0 unspecified atom stereocenters. The van der Waals surface area contributed by atoms with Gasteiger partial charge in [0.25, 0.3) is 6.98 Å². The minimum Gasteiger partial charge on any atom is -0.395 e. The Labute approximate surface area is 71.2 Å². The van der Waals surface area contributed by atoms with Crippen LogP contribution in [0.5, 0.6) is 0 Å². The molecule has 0 heterocycles. The molecule has 0 atom stereocenters. The Morgan fingerprint density at radius 1 is 1.36 bits per heavy atom. The van der Waals surface area contributed by atoms with E-state index in [1.165, 1.54) is 0 Å². The number of rotatable bonds is 4. The van der Waals surface area contributed by atoms with Crippen molar-refractivity contribution in [3.8, 4) is 0 Å². The third-order valence-electron chi connectivity index (χ3n) is 1.80. The Bertz CT molecular complexity index is 112. The average molecular weight is 152 g/mol. The summed E-state index contributed by atoms with van der Waals surface area (Å²) in [6, 6.07) is 0. The van der Waals surface area contributed by atoms with Crippen molar-refractivity contribution in [1.29, 1.82) is 0 Å². The molecule has 0 spiro atoms. The number of nitrogens with zero attached hydrogens (tertiary/aromatic N) is 2. The van der Waals surface area contributed by atoms with Gasteiger partial charge in [0.15, 0.2) is 7.98 Å². The van der Waals surface area contributed by atoms with Gasteiger partial charge in [0, 0.05) is 0 Å². The summed E-state index contributed by atoms with van der Waals surface area (Å²) in [6.07, 6.45) is 0. The van der Waals surface area contributed by atoms with Crippen molar-refractivity contribution in [2.45, 2.75) is 6.82 Å². The van der Waals surface area contributed by atoms with Gasteiger partial charge >= 0.3 is 7.12 Å². The van der Waals surface area contributed by atoms with Crippen molar-refractivity contribution in [2.24, 2.45) is 5.64 Å². The molecule has 0 aliphatic carbocycles. The normalized spacial score (nSPS) is 10.8. The number of nitrogens with two attached hydrogens (primary N) is 1. The monoisotopic (exact) mass is 152 g/mol. The van der Waals surface area contributed by atoms with Crippen molar-refractivity contribution in [3.05, 3.63) is 0 Å². The summed E-state index contributed by atoms with van der Waals surface area (Å²) in [5.41, 5.74) is 5.79. The van der Waals surface area contributed by atoms with Crippen molar-refractivity contribution in [3.63, 3.8) is 0 Å². The van der Waals surface area contributed by atoms with E-state index in [-0.39, 0.29) is 14.1 Å². The zero-order valence-corrected chi connectivity index (χ0v) is 7.70. The minimum absolute atomic E-state index is 0.0763. The van der Waals surface area contributed by atoms with Crippen LogP contribution < -0.4 is 10.8 Å². The summed E-state index contributed by atoms with van der Waals surface area (Å²) >= 11 is 0. The third-order valence-corrected chi connectivity index (χ3v) is 1.80. The highest BCUT2D eigenvalue weighted by atomic mass is 15.2. The molecular weight excluding hydrogens is 137 g/mol. The van der Waals surface area contributed by atoms with E-state index in [2.05, 4.69) is 5.14 Å². The van der Waals surface area contributed by atoms with E-state index in [0.717, 1.165) is 0 Å². The fourth-order valence-corrected chi connectivity index (χ4v) is 0.711. The first-order valence-electron chi connectivity index (χ1n) is 3.60. The van der Waals surface area contributed by atoms with Gasteiger partial charge < -0.3 is 20.3 Å². The molecule has 2 radical (unpaired) electrons.